The number of aromatic amines is 1. The van der Waals surface area contributed by atoms with Gasteiger partial charge in [0.2, 0.25) is 5.82 Å². The summed E-state index contributed by atoms with van der Waals surface area (Å²) >= 11 is 0. The Morgan fingerprint density at radius 2 is 1.86 bits per heavy atom. The van der Waals surface area contributed by atoms with Crippen LogP contribution < -0.4 is 4.74 Å². The highest BCUT2D eigenvalue weighted by Gasteiger charge is 2.11. The van der Waals surface area contributed by atoms with Crippen molar-refractivity contribution in [2.75, 3.05) is 7.11 Å². The van der Waals surface area contributed by atoms with E-state index in [1.807, 2.05) is 42.5 Å². The molecule has 1 N–H and O–H groups in total. The number of aromatic nitrogens is 4. The molecule has 6 heteroatoms. The minimum atomic E-state index is 0.474. The molecule has 22 heavy (non-hydrogen) atoms. The number of imidazole rings is 1. The maximum atomic E-state index is 5.36. The fourth-order valence-electron chi connectivity index (χ4n) is 2.27. The second-order valence-corrected chi connectivity index (χ2v) is 4.79. The minimum Gasteiger partial charge on any atom is -0.497 e. The SMILES string of the molecule is COc1ccc(-c2noc(-c3ccc4nc[nH]c4c3)n2)cc1. The van der Waals surface area contributed by atoms with E-state index in [-0.39, 0.29) is 0 Å². The van der Waals surface area contributed by atoms with Gasteiger partial charge < -0.3 is 14.2 Å². The van der Waals surface area contributed by atoms with Gasteiger partial charge in [0.1, 0.15) is 5.75 Å². The number of hydrogen-bond donors (Lipinski definition) is 1. The van der Waals surface area contributed by atoms with Crippen molar-refractivity contribution in [1.82, 2.24) is 20.1 Å². The largest absolute Gasteiger partial charge is 0.497 e. The van der Waals surface area contributed by atoms with Crippen molar-refractivity contribution >= 4 is 11.0 Å². The summed E-state index contributed by atoms with van der Waals surface area (Å²) in [6.45, 7) is 0. The van der Waals surface area contributed by atoms with Gasteiger partial charge in [-0.25, -0.2) is 4.98 Å². The maximum Gasteiger partial charge on any atom is 0.258 e. The Morgan fingerprint density at radius 3 is 2.68 bits per heavy atom. The highest BCUT2D eigenvalue weighted by atomic mass is 16.5. The average Bonchev–Trinajstić information content (AvgIpc) is 3.23. The summed E-state index contributed by atoms with van der Waals surface area (Å²) in [5, 5.41) is 4.03. The Morgan fingerprint density at radius 1 is 1.05 bits per heavy atom. The summed E-state index contributed by atoms with van der Waals surface area (Å²) in [6.07, 6.45) is 1.66. The number of H-pyrrole nitrogens is 1. The van der Waals surface area contributed by atoms with Crippen LogP contribution in [0.5, 0.6) is 5.75 Å². The van der Waals surface area contributed by atoms with Crippen molar-refractivity contribution < 1.29 is 9.26 Å². The first-order valence-electron chi connectivity index (χ1n) is 6.75. The third-order valence-corrected chi connectivity index (χ3v) is 3.44. The van der Waals surface area contributed by atoms with Crippen LogP contribution in [0, 0.1) is 0 Å². The van der Waals surface area contributed by atoms with Crippen molar-refractivity contribution in [3.63, 3.8) is 0 Å². The van der Waals surface area contributed by atoms with E-state index in [1.165, 1.54) is 0 Å². The van der Waals surface area contributed by atoms with E-state index in [0.717, 1.165) is 27.9 Å². The van der Waals surface area contributed by atoms with Crippen molar-refractivity contribution in [2.45, 2.75) is 0 Å². The molecule has 0 saturated heterocycles. The average molecular weight is 292 g/mol. The monoisotopic (exact) mass is 292 g/mol. The number of ether oxygens (including phenoxy) is 1. The van der Waals surface area contributed by atoms with Gasteiger partial charge in [-0.2, -0.15) is 4.98 Å². The summed E-state index contributed by atoms with van der Waals surface area (Å²) < 4.78 is 10.5. The van der Waals surface area contributed by atoms with E-state index >= 15 is 0 Å². The molecule has 0 spiro atoms. The lowest BCUT2D eigenvalue weighted by atomic mass is 10.2. The predicted octanol–water partition coefficient (Wildman–Crippen LogP) is 3.29. The topological polar surface area (TPSA) is 76.8 Å². The number of rotatable bonds is 3. The smallest absolute Gasteiger partial charge is 0.258 e. The van der Waals surface area contributed by atoms with Crippen LogP contribution in [0.25, 0.3) is 33.9 Å². The number of fused-ring (bicyclic) bond motifs is 1. The second-order valence-electron chi connectivity index (χ2n) is 4.79. The van der Waals surface area contributed by atoms with Gasteiger partial charge in [-0.15, -0.1) is 0 Å². The van der Waals surface area contributed by atoms with Crippen LogP contribution in [0.15, 0.2) is 53.3 Å². The molecule has 2 aromatic carbocycles. The molecule has 6 nitrogen and oxygen atoms in total. The minimum absolute atomic E-state index is 0.474. The Hall–Kier alpha value is -3.15. The zero-order chi connectivity index (χ0) is 14.9. The zero-order valence-electron chi connectivity index (χ0n) is 11.8. The van der Waals surface area contributed by atoms with Crippen LogP contribution >= 0.6 is 0 Å². The van der Waals surface area contributed by atoms with Gasteiger partial charge in [-0.1, -0.05) is 5.16 Å². The fraction of sp³-hybridized carbons (Fsp3) is 0.0625. The molecule has 4 aromatic rings. The standard InChI is InChI=1S/C16H12N4O2/c1-21-12-5-2-10(3-6-12)15-19-16(22-20-15)11-4-7-13-14(8-11)18-9-17-13/h2-9H,1H3,(H,17,18). The van der Waals surface area contributed by atoms with Gasteiger partial charge in [-0.05, 0) is 42.5 Å². The zero-order valence-corrected chi connectivity index (χ0v) is 11.8. The van der Waals surface area contributed by atoms with E-state index in [2.05, 4.69) is 20.1 Å². The molecule has 0 aliphatic heterocycles. The molecule has 2 aromatic heterocycles. The number of nitrogens with zero attached hydrogens (tertiary/aromatic N) is 3. The summed E-state index contributed by atoms with van der Waals surface area (Å²) in [4.78, 5) is 11.7. The van der Waals surface area contributed by atoms with Crippen molar-refractivity contribution in [3.05, 3.63) is 48.8 Å². The van der Waals surface area contributed by atoms with E-state index < -0.39 is 0 Å². The van der Waals surface area contributed by atoms with Crippen molar-refractivity contribution in [1.29, 1.82) is 0 Å². The molecule has 4 rings (SSSR count). The first kappa shape index (κ1) is 12.6. The van der Waals surface area contributed by atoms with Gasteiger partial charge in [-0.3, -0.25) is 0 Å². The van der Waals surface area contributed by atoms with Crippen LogP contribution in [0.1, 0.15) is 0 Å². The first-order valence-corrected chi connectivity index (χ1v) is 6.75. The molecule has 0 saturated carbocycles. The second kappa shape index (κ2) is 5.00. The van der Waals surface area contributed by atoms with E-state index in [4.69, 9.17) is 9.26 Å². The van der Waals surface area contributed by atoms with E-state index in [9.17, 15) is 0 Å². The van der Waals surface area contributed by atoms with Gasteiger partial charge in [0.15, 0.2) is 0 Å². The maximum absolute atomic E-state index is 5.36. The van der Waals surface area contributed by atoms with Gasteiger partial charge in [0.05, 0.1) is 24.5 Å². The Bertz CT molecular complexity index is 925. The molecule has 0 atom stereocenters. The normalized spacial score (nSPS) is 11.0. The molecule has 2 heterocycles. The van der Waals surface area contributed by atoms with Crippen LogP contribution in [0.3, 0.4) is 0 Å². The van der Waals surface area contributed by atoms with Gasteiger partial charge in [0, 0.05) is 11.1 Å². The molecule has 0 bridgehead atoms. The highest BCUT2D eigenvalue weighted by Crippen LogP contribution is 2.25. The molecule has 108 valence electrons. The molecular weight excluding hydrogens is 280 g/mol. The molecule has 0 aliphatic carbocycles. The quantitative estimate of drug-likeness (QED) is 0.627. The molecule has 0 unspecified atom stereocenters. The molecule has 0 amide bonds. The van der Waals surface area contributed by atoms with E-state index in [0.29, 0.717) is 11.7 Å². The number of benzene rings is 2. The summed E-state index contributed by atoms with van der Waals surface area (Å²) in [6, 6.07) is 13.3. The van der Waals surface area contributed by atoms with Crippen molar-refractivity contribution in [2.24, 2.45) is 0 Å². The lowest BCUT2D eigenvalue weighted by Gasteiger charge is -1.99. The molecule has 0 aliphatic rings. The van der Waals surface area contributed by atoms with Gasteiger partial charge >= 0.3 is 0 Å². The Balaban J connectivity index is 1.70. The lowest BCUT2D eigenvalue weighted by molar-refractivity contribution is 0.415. The van der Waals surface area contributed by atoms with Crippen LogP contribution in [0.2, 0.25) is 0 Å². The predicted molar refractivity (Wildman–Crippen MR) is 81.4 cm³/mol. The van der Waals surface area contributed by atoms with Crippen LogP contribution in [-0.2, 0) is 0 Å². The van der Waals surface area contributed by atoms with E-state index in [1.54, 1.807) is 13.4 Å². The fourth-order valence-corrected chi connectivity index (χ4v) is 2.27. The Kier molecular flexibility index (Phi) is 2.86. The molecule has 0 fully saturated rings. The lowest BCUT2D eigenvalue weighted by Crippen LogP contribution is -1.84. The third kappa shape index (κ3) is 2.10. The summed E-state index contributed by atoms with van der Waals surface area (Å²) in [7, 11) is 1.63. The Labute approximate surface area is 125 Å². The number of hydrogen-bond acceptors (Lipinski definition) is 5. The number of methoxy groups -OCH3 is 1. The number of nitrogens with one attached hydrogen (secondary N) is 1. The highest BCUT2D eigenvalue weighted by molar-refractivity contribution is 5.79. The first-order chi connectivity index (χ1) is 10.8. The van der Waals surface area contributed by atoms with Crippen LogP contribution in [-0.4, -0.2) is 27.2 Å². The summed E-state index contributed by atoms with van der Waals surface area (Å²) in [5.74, 6) is 1.81. The molecule has 0 radical (unpaired) electrons. The molecular formula is C16H12N4O2. The van der Waals surface area contributed by atoms with Gasteiger partial charge in [0.25, 0.3) is 5.89 Å². The van der Waals surface area contributed by atoms with Crippen LogP contribution in [0.4, 0.5) is 0 Å². The van der Waals surface area contributed by atoms with Crippen molar-refractivity contribution in [3.8, 4) is 28.6 Å². The summed E-state index contributed by atoms with van der Waals surface area (Å²) in [5.41, 5.74) is 3.56. The third-order valence-electron chi connectivity index (χ3n) is 3.44.